The Morgan fingerprint density at radius 1 is 1.80 bits per heavy atom. The van der Waals surface area contributed by atoms with Gasteiger partial charge >= 0.3 is 0 Å². The van der Waals surface area contributed by atoms with Crippen LogP contribution in [0.1, 0.15) is 19.8 Å². The summed E-state index contributed by atoms with van der Waals surface area (Å²) in [5, 5.41) is 2.91. The summed E-state index contributed by atoms with van der Waals surface area (Å²) >= 11 is 0. The second kappa shape index (κ2) is 5.88. The zero-order chi connectivity index (χ0) is 11.3. The Labute approximate surface area is 90.9 Å². The fourth-order valence-electron chi connectivity index (χ4n) is 1.68. The number of nitrogens with one attached hydrogen (secondary N) is 1. The number of ether oxygens (including phenoxy) is 1. The first kappa shape index (κ1) is 12.2. The van der Waals surface area contributed by atoms with Gasteiger partial charge in [-0.05, 0) is 19.8 Å². The molecule has 1 heterocycles. The predicted molar refractivity (Wildman–Crippen MR) is 59.3 cm³/mol. The first-order valence-corrected chi connectivity index (χ1v) is 5.39. The van der Waals surface area contributed by atoms with Crippen LogP contribution >= 0.6 is 0 Å². The number of carbonyl (C=O) groups excluding carboxylic acids is 1. The zero-order valence-electron chi connectivity index (χ0n) is 9.24. The summed E-state index contributed by atoms with van der Waals surface area (Å²) in [5.74, 6) is 0.319. The monoisotopic (exact) mass is 212 g/mol. The first-order chi connectivity index (χ1) is 7.15. The van der Waals surface area contributed by atoms with Crippen LogP contribution in [0.4, 0.5) is 0 Å². The van der Waals surface area contributed by atoms with E-state index >= 15 is 0 Å². The molecule has 3 unspecified atom stereocenters. The van der Waals surface area contributed by atoms with Crippen LogP contribution in [-0.4, -0.2) is 31.2 Å². The molecule has 4 heteroatoms. The maximum absolute atomic E-state index is 11.6. The van der Waals surface area contributed by atoms with E-state index in [0.717, 1.165) is 19.6 Å². The molecule has 86 valence electrons. The minimum atomic E-state index is -0.479. The topological polar surface area (TPSA) is 64.4 Å². The lowest BCUT2D eigenvalue weighted by Gasteiger charge is -2.21. The van der Waals surface area contributed by atoms with Crippen LogP contribution in [0.15, 0.2) is 12.7 Å². The number of hydrogen-bond acceptors (Lipinski definition) is 3. The predicted octanol–water partition coefficient (Wildman–Crippen LogP) is 0.431. The summed E-state index contributed by atoms with van der Waals surface area (Å²) in [4.78, 5) is 11.6. The molecular formula is C11H20N2O2. The Morgan fingerprint density at radius 2 is 2.53 bits per heavy atom. The molecule has 0 spiro atoms. The second-order valence-electron chi connectivity index (χ2n) is 4.05. The highest BCUT2D eigenvalue weighted by atomic mass is 16.5. The minimum Gasteiger partial charge on any atom is -0.381 e. The van der Waals surface area contributed by atoms with Crippen molar-refractivity contribution in [2.75, 3.05) is 13.2 Å². The molecule has 0 aliphatic carbocycles. The van der Waals surface area contributed by atoms with E-state index in [1.165, 1.54) is 0 Å². The van der Waals surface area contributed by atoms with Crippen molar-refractivity contribution in [3.8, 4) is 0 Å². The average molecular weight is 212 g/mol. The Kier molecular flexibility index (Phi) is 4.78. The molecule has 0 aromatic heterocycles. The van der Waals surface area contributed by atoms with Gasteiger partial charge in [0.25, 0.3) is 0 Å². The molecule has 1 amide bonds. The SMILES string of the molecule is C=CCC(N)C(=O)NC(C)C1CCOC1. The molecular weight excluding hydrogens is 192 g/mol. The molecule has 0 aromatic carbocycles. The quantitative estimate of drug-likeness (QED) is 0.650. The van der Waals surface area contributed by atoms with E-state index in [-0.39, 0.29) is 11.9 Å². The van der Waals surface area contributed by atoms with Crippen LogP contribution < -0.4 is 11.1 Å². The summed E-state index contributed by atoms with van der Waals surface area (Å²) in [6, 6.07) is -0.344. The Morgan fingerprint density at radius 3 is 3.07 bits per heavy atom. The van der Waals surface area contributed by atoms with Crippen molar-refractivity contribution in [2.24, 2.45) is 11.7 Å². The fourth-order valence-corrected chi connectivity index (χ4v) is 1.68. The number of carbonyl (C=O) groups is 1. The van der Waals surface area contributed by atoms with E-state index in [4.69, 9.17) is 10.5 Å². The zero-order valence-corrected chi connectivity index (χ0v) is 9.24. The van der Waals surface area contributed by atoms with E-state index in [1.54, 1.807) is 6.08 Å². The molecule has 0 radical (unpaired) electrons. The normalized spacial score (nSPS) is 24.5. The van der Waals surface area contributed by atoms with E-state index in [9.17, 15) is 4.79 Å². The van der Waals surface area contributed by atoms with Crippen LogP contribution in [0.2, 0.25) is 0 Å². The van der Waals surface area contributed by atoms with Gasteiger partial charge in [0.05, 0.1) is 12.6 Å². The molecule has 0 saturated carbocycles. The maximum atomic E-state index is 11.6. The third-order valence-corrected chi connectivity index (χ3v) is 2.80. The van der Waals surface area contributed by atoms with Crippen LogP contribution in [0, 0.1) is 5.92 Å². The van der Waals surface area contributed by atoms with Gasteiger partial charge in [0, 0.05) is 18.6 Å². The molecule has 3 atom stereocenters. The molecule has 15 heavy (non-hydrogen) atoms. The molecule has 1 saturated heterocycles. The van der Waals surface area contributed by atoms with Gasteiger partial charge in [-0.2, -0.15) is 0 Å². The van der Waals surface area contributed by atoms with Crippen LogP contribution in [-0.2, 0) is 9.53 Å². The first-order valence-electron chi connectivity index (χ1n) is 5.39. The molecule has 1 aliphatic rings. The Bertz CT molecular complexity index is 225. The van der Waals surface area contributed by atoms with Crippen LogP contribution in [0.5, 0.6) is 0 Å². The van der Waals surface area contributed by atoms with Gasteiger partial charge in [-0.3, -0.25) is 4.79 Å². The number of hydrogen-bond donors (Lipinski definition) is 2. The second-order valence-corrected chi connectivity index (χ2v) is 4.05. The van der Waals surface area contributed by atoms with Gasteiger partial charge in [-0.15, -0.1) is 6.58 Å². The standard InChI is InChI=1S/C11H20N2O2/c1-3-4-10(12)11(14)13-8(2)9-5-6-15-7-9/h3,8-10H,1,4-7,12H2,2H3,(H,13,14). The molecule has 0 aromatic rings. The molecule has 0 bridgehead atoms. The van der Waals surface area contributed by atoms with Gasteiger partial charge in [-0.25, -0.2) is 0 Å². The van der Waals surface area contributed by atoms with Gasteiger partial charge in [-0.1, -0.05) is 6.08 Å². The lowest BCUT2D eigenvalue weighted by atomic mass is 10.0. The van der Waals surface area contributed by atoms with E-state index < -0.39 is 6.04 Å². The van der Waals surface area contributed by atoms with Crippen molar-refractivity contribution < 1.29 is 9.53 Å². The van der Waals surface area contributed by atoms with Crippen molar-refractivity contribution in [2.45, 2.75) is 31.8 Å². The molecule has 1 aliphatic heterocycles. The smallest absolute Gasteiger partial charge is 0.237 e. The highest BCUT2D eigenvalue weighted by molar-refractivity contribution is 5.81. The van der Waals surface area contributed by atoms with E-state index in [1.807, 2.05) is 6.92 Å². The lowest BCUT2D eigenvalue weighted by Crippen LogP contribution is -2.46. The van der Waals surface area contributed by atoms with Crippen molar-refractivity contribution in [3.63, 3.8) is 0 Å². The number of nitrogens with two attached hydrogens (primary N) is 1. The van der Waals surface area contributed by atoms with Crippen molar-refractivity contribution in [1.82, 2.24) is 5.32 Å². The summed E-state index contributed by atoms with van der Waals surface area (Å²) in [6.07, 6.45) is 3.19. The minimum absolute atomic E-state index is 0.102. The summed E-state index contributed by atoms with van der Waals surface area (Å²) in [5.41, 5.74) is 5.66. The highest BCUT2D eigenvalue weighted by Gasteiger charge is 2.24. The van der Waals surface area contributed by atoms with Crippen molar-refractivity contribution in [3.05, 3.63) is 12.7 Å². The third-order valence-electron chi connectivity index (χ3n) is 2.80. The highest BCUT2D eigenvalue weighted by Crippen LogP contribution is 2.16. The summed E-state index contributed by atoms with van der Waals surface area (Å²) in [6.45, 7) is 7.09. The number of amides is 1. The number of rotatable bonds is 5. The van der Waals surface area contributed by atoms with E-state index in [0.29, 0.717) is 12.3 Å². The van der Waals surface area contributed by atoms with Crippen molar-refractivity contribution >= 4 is 5.91 Å². The summed E-state index contributed by atoms with van der Waals surface area (Å²) < 4.78 is 5.27. The van der Waals surface area contributed by atoms with Gasteiger partial charge < -0.3 is 15.8 Å². The fraction of sp³-hybridized carbons (Fsp3) is 0.727. The summed E-state index contributed by atoms with van der Waals surface area (Å²) in [7, 11) is 0. The molecule has 3 N–H and O–H groups in total. The Balaban J connectivity index is 2.32. The van der Waals surface area contributed by atoms with Gasteiger partial charge in [0.1, 0.15) is 0 Å². The maximum Gasteiger partial charge on any atom is 0.237 e. The molecule has 1 fully saturated rings. The van der Waals surface area contributed by atoms with Gasteiger partial charge in [0.2, 0.25) is 5.91 Å². The average Bonchev–Trinajstić information content (AvgIpc) is 2.70. The molecule has 4 nitrogen and oxygen atoms in total. The Hall–Kier alpha value is -0.870. The van der Waals surface area contributed by atoms with Crippen molar-refractivity contribution in [1.29, 1.82) is 0 Å². The van der Waals surface area contributed by atoms with Crippen LogP contribution in [0.3, 0.4) is 0 Å². The van der Waals surface area contributed by atoms with Crippen LogP contribution in [0.25, 0.3) is 0 Å². The third kappa shape index (κ3) is 3.64. The lowest BCUT2D eigenvalue weighted by molar-refractivity contribution is -0.123. The van der Waals surface area contributed by atoms with E-state index in [2.05, 4.69) is 11.9 Å². The molecule has 1 rings (SSSR count). The van der Waals surface area contributed by atoms with Gasteiger partial charge in [0.15, 0.2) is 0 Å². The largest absolute Gasteiger partial charge is 0.381 e.